The standard InChI is InChI=1S/C12H18F2Si/c1-3-5-6-11-7-9-12(10-8-11)15(13,14)4-2/h7-10H,3-6H2,1-2H3. The highest BCUT2D eigenvalue weighted by atomic mass is 28.4. The lowest BCUT2D eigenvalue weighted by molar-refractivity contribution is 0.625. The Morgan fingerprint density at radius 1 is 1.07 bits per heavy atom. The van der Waals surface area contributed by atoms with Crippen molar-refractivity contribution in [1.82, 2.24) is 0 Å². The number of aryl methyl sites for hydroxylation is 1. The number of unbranched alkanes of at least 4 members (excludes halogenated alkanes) is 1. The molecule has 0 radical (unpaired) electrons. The van der Waals surface area contributed by atoms with Crippen LogP contribution in [0.4, 0.5) is 8.22 Å². The lowest BCUT2D eigenvalue weighted by atomic mass is 10.1. The first kappa shape index (κ1) is 12.4. The molecule has 84 valence electrons. The topological polar surface area (TPSA) is 0 Å². The van der Waals surface area contributed by atoms with E-state index < -0.39 is 8.74 Å². The Hall–Kier alpha value is -0.703. The highest BCUT2D eigenvalue weighted by molar-refractivity contribution is 6.79. The summed E-state index contributed by atoms with van der Waals surface area (Å²) in [6.07, 6.45) is 3.26. The Balaban J connectivity index is 2.72. The van der Waals surface area contributed by atoms with Gasteiger partial charge >= 0.3 is 8.74 Å². The van der Waals surface area contributed by atoms with Crippen LogP contribution in [-0.2, 0) is 6.42 Å². The van der Waals surface area contributed by atoms with Crippen LogP contribution in [0.2, 0.25) is 6.04 Å². The van der Waals surface area contributed by atoms with Gasteiger partial charge in [-0.1, -0.05) is 44.5 Å². The summed E-state index contributed by atoms with van der Waals surface area (Å²) in [7, 11) is -4.11. The molecule has 0 fully saturated rings. The van der Waals surface area contributed by atoms with Gasteiger partial charge < -0.3 is 0 Å². The van der Waals surface area contributed by atoms with Gasteiger partial charge in [-0.05, 0) is 24.4 Å². The molecule has 0 aliphatic rings. The second kappa shape index (κ2) is 5.40. The molecule has 1 rings (SSSR count). The second-order valence-corrected chi connectivity index (χ2v) is 6.55. The summed E-state index contributed by atoms with van der Waals surface area (Å²) in [4.78, 5) is 0. The Morgan fingerprint density at radius 3 is 2.13 bits per heavy atom. The van der Waals surface area contributed by atoms with Crippen LogP contribution in [0.3, 0.4) is 0 Å². The molecule has 0 aromatic heterocycles. The van der Waals surface area contributed by atoms with Crippen LogP contribution in [0.5, 0.6) is 0 Å². The summed E-state index contributed by atoms with van der Waals surface area (Å²) in [6.45, 7) is 3.70. The fourth-order valence-electron chi connectivity index (χ4n) is 1.50. The summed E-state index contributed by atoms with van der Waals surface area (Å²) < 4.78 is 26.8. The Morgan fingerprint density at radius 2 is 1.67 bits per heavy atom. The molecule has 3 heteroatoms. The van der Waals surface area contributed by atoms with Crippen LogP contribution < -0.4 is 5.19 Å². The average molecular weight is 228 g/mol. The van der Waals surface area contributed by atoms with Crippen LogP contribution in [0.25, 0.3) is 0 Å². The molecular weight excluding hydrogens is 210 g/mol. The molecule has 0 nitrogen and oxygen atoms in total. The lowest BCUT2D eigenvalue weighted by Gasteiger charge is -2.11. The quantitative estimate of drug-likeness (QED) is 0.533. The Kier molecular flexibility index (Phi) is 4.45. The molecular formula is C12H18F2Si. The van der Waals surface area contributed by atoms with E-state index in [1.54, 1.807) is 19.1 Å². The third kappa shape index (κ3) is 3.41. The molecule has 0 saturated carbocycles. The fourth-order valence-corrected chi connectivity index (χ4v) is 2.56. The summed E-state index contributed by atoms with van der Waals surface area (Å²) in [5.74, 6) is 0. The van der Waals surface area contributed by atoms with Gasteiger partial charge in [-0.15, -0.1) is 0 Å². The van der Waals surface area contributed by atoms with Crippen LogP contribution in [0, 0.1) is 0 Å². The Labute approximate surface area is 91.7 Å². The fraction of sp³-hybridized carbons (Fsp3) is 0.500. The zero-order valence-corrected chi connectivity index (χ0v) is 10.4. The first-order valence-corrected chi connectivity index (χ1v) is 7.53. The largest absolute Gasteiger partial charge is 0.455 e. The maximum Gasteiger partial charge on any atom is 0.455 e. The molecule has 15 heavy (non-hydrogen) atoms. The summed E-state index contributed by atoms with van der Waals surface area (Å²) in [5, 5.41) is 0.269. The maximum atomic E-state index is 13.4. The zero-order valence-electron chi connectivity index (χ0n) is 9.39. The maximum absolute atomic E-state index is 13.4. The van der Waals surface area contributed by atoms with Gasteiger partial charge in [0.25, 0.3) is 0 Å². The van der Waals surface area contributed by atoms with Crippen molar-refractivity contribution in [2.45, 2.75) is 39.2 Å². The predicted molar refractivity (Wildman–Crippen MR) is 63.1 cm³/mol. The van der Waals surface area contributed by atoms with Gasteiger partial charge in [-0.25, -0.2) is 0 Å². The second-order valence-electron chi connectivity index (χ2n) is 3.86. The number of rotatable bonds is 5. The van der Waals surface area contributed by atoms with Crippen molar-refractivity contribution < 1.29 is 8.22 Å². The monoisotopic (exact) mass is 228 g/mol. The van der Waals surface area contributed by atoms with E-state index in [0.29, 0.717) is 0 Å². The van der Waals surface area contributed by atoms with Crippen LogP contribution in [-0.4, -0.2) is 8.74 Å². The van der Waals surface area contributed by atoms with Gasteiger partial charge in [0.1, 0.15) is 0 Å². The third-order valence-corrected chi connectivity index (χ3v) is 4.71. The molecule has 0 spiro atoms. The molecule has 0 amide bonds. The van der Waals surface area contributed by atoms with E-state index >= 15 is 0 Å². The van der Waals surface area contributed by atoms with Gasteiger partial charge in [-0.2, -0.15) is 0 Å². The van der Waals surface area contributed by atoms with Gasteiger partial charge in [0.05, 0.1) is 0 Å². The van der Waals surface area contributed by atoms with Gasteiger partial charge in [0.15, 0.2) is 0 Å². The number of halogens is 2. The van der Waals surface area contributed by atoms with Gasteiger partial charge in [-0.3, -0.25) is 8.22 Å². The summed E-state index contributed by atoms with van der Waals surface area (Å²) in [5.41, 5.74) is 1.17. The predicted octanol–water partition coefficient (Wildman–Crippen LogP) is 3.64. The zero-order chi connectivity index (χ0) is 11.3. The summed E-state index contributed by atoms with van der Waals surface area (Å²) >= 11 is 0. The minimum absolute atomic E-state index is 0.00130. The molecule has 0 bridgehead atoms. The highest BCUT2D eigenvalue weighted by Crippen LogP contribution is 2.14. The van der Waals surface area contributed by atoms with Crippen molar-refractivity contribution in [2.24, 2.45) is 0 Å². The van der Waals surface area contributed by atoms with Crippen molar-refractivity contribution in [3.05, 3.63) is 29.8 Å². The minimum atomic E-state index is -4.11. The minimum Gasteiger partial charge on any atom is -0.265 e. The summed E-state index contributed by atoms with van der Waals surface area (Å²) in [6, 6.07) is 6.92. The smallest absolute Gasteiger partial charge is 0.265 e. The Bertz CT molecular complexity index is 293. The SMILES string of the molecule is CCCCc1ccc([Si](F)(F)CC)cc1. The van der Waals surface area contributed by atoms with Crippen LogP contribution >= 0.6 is 0 Å². The van der Waals surface area contributed by atoms with Crippen molar-refractivity contribution in [3.8, 4) is 0 Å². The van der Waals surface area contributed by atoms with Gasteiger partial charge in [0.2, 0.25) is 0 Å². The van der Waals surface area contributed by atoms with E-state index in [4.69, 9.17) is 0 Å². The van der Waals surface area contributed by atoms with E-state index in [1.807, 2.05) is 12.1 Å². The molecule has 0 saturated heterocycles. The van der Waals surface area contributed by atoms with Crippen LogP contribution in [0.1, 0.15) is 32.3 Å². The average Bonchev–Trinajstić information content (AvgIpc) is 2.27. The third-order valence-electron chi connectivity index (χ3n) is 2.64. The van der Waals surface area contributed by atoms with Crippen molar-refractivity contribution in [3.63, 3.8) is 0 Å². The molecule has 1 aromatic carbocycles. The molecule has 0 N–H and O–H groups in total. The van der Waals surface area contributed by atoms with Crippen molar-refractivity contribution >= 4 is 13.9 Å². The van der Waals surface area contributed by atoms with Crippen molar-refractivity contribution in [1.29, 1.82) is 0 Å². The van der Waals surface area contributed by atoms with E-state index in [2.05, 4.69) is 6.92 Å². The molecule has 0 unspecified atom stereocenters. The van der Waals surface area contributed by atoms with E-state index in [1.165, 1.54) is 5.56 Å². The van der Waals surface area contributed by atoms with Crippen molar-refractivity contribution in [2.75, 3.05) is 0 Å². The van der Waals surface area contributed by atoms with E-state index in [0.717, 1.165) is 19.3 Å². The number of hydrogen-bond acceptors (Lipinski definition) is 0. The molecule has 1 aromatic rings. The van der Waals surface area contributed by atoms with E-state index in [-0.39, 0.29) is 11.2 Å². The normalized spacial score (nSPS) is 11.7. The van der Waals surface area contributed by atoms with Crippen LogP contribution in [0.15, 0.2) is 24.3 Å². The first-order chi connectivity index (χ1) is 7.10. The van der Waals surface area contributed by atoms with E-state index in [9.17, 15) is 8.22 Å². The number of benzene rings is 1. The van der Waals surface area contributed by atoms with Gasteiger partial charge in [0, 0.05) is 5.19 Å². The first-order valence-electron chi connectivity index (χ1n) is 5.57. The lowest BCUT2D eigenvalue weighted by Crippen LogP contribution is -2.37. The highest BCUT2D eigenvalue weighted by Gasteiger charge is 2.34. The number of hydrogen-bond donors (Lipinski definition) is 0. The molecule has 0 heterocycles. The molecule has 0 aliphatic heterocycles. The molecule has 0 aliphatic carbocycles. The molecule has 0 atom stereocenters.